The average molecular weight is 308 g/mol. The first-order chi connectivity index (χ1) is 9.20. The molecule has 1 atom stereocenters. The number of carbonyl (C=O) groups is 2. The van der Waals surface area contributed by atoms with Gasteiger partial charge in [0.1, 0.15) is 0 Å². The first-order valence-corrected chi connectivity index (χ1v) is 5.95. The number of halogens is 4. The van der Waals surface area contributed by atoms with E-state index in [-0.39, 0.29) is 11.6 Å². The minimum absolute atomic E-state index is 0.272. The van der Waals surface area contributed by atoms with Crippen LogP contribution in [0.2, 0.25) is 5.02 Å². The summed E-state index contributed by atoms with van der Waals surface area (Å²) in [7, 11) is 0. The molecule has 0 aromatic heterocycles. The zero-order valence-corrected chi connectivity index (χ0v) is 10.7. The molecule has 0 aliphatic carbocycles. The number of rotatable bonds is 1. The first kappa shape index (κ1) is 14.6. The van der Waals surface area contributed by atoms with E-state index in [0.717, 1.165) is 0 Å². The standard InChI is InChI=1S/C12H9ClF3NO3/c13-7-1-2-8-6(3-7)4-17(5-9(8)10(18)19)11(20)12(14,15)16/h1-3,9H,4-5H2,(H,18,19). The highest BCUT2D eigenvalue weighted by Gasteiger charge is 2.45. The molecule has 8 heteroatoms. The maximum absolute atomic E-state index is 12.5. The average Bonchev–Trinajstić information content (AvgIpc) is 2.34. The number of carboxylic acids is 1. The van der Waals surface area contributed by atoms with Crippen molar-refractivity contribution in [3.63, 3.8) is 0 Å². The number of carbonyl (C=O) groups excluding carboxylic acids is 1. The topological polar surface area (TPSA) is 57.6 Å². The molecule has 0 saturated heterocycles. The van der Waals surface area contributed by atoms with Crippen molar-refractivity contribution in [2.75, 3.05) is 6.54 Å². The first-order valence-electron chi connectivity index (χ1n) is 5.57. The molecule has 4 nitrogen and oxygen atoms in total. The van der Waals surface area contributed by atoms with E-state index in [4.69, 9.17) is 16.7 Å². The van der Waals surface area contributed by atoms with Gasteiger partial charge in [0.2, 0.25) is 0 Å². The third-order valence-electron chi connectivity index (χ3n) is 3.07. The molecule has 0 fully saturated rings. The van der Waals surface area contributed by atoms with E-state index in [0.29, 0.717) is 16.0 Å². The second-order valence-electron chi connectivity index (χ2n) is 4.42. The third-order valence-corrected chi connectivity index (χ3v) is 3.31. The summed E-state index contributed by atoms with van der Waals surface area (Å²) >= 11 is 5.75. The largest absolute Gasteiger partial charge is 0.481 e. The summed E-state index contributed by atoms with van der Waals surface area (Å²) in [5, 5.41) is 9.38. The molecule has 1 heterocycles. The fraction of sp³-hybridized carbons (Fsp3) is 0.333. The monoisotopic (exact) mass is 307 g/mol. The van der Waals surface area contributed by atoms with Gasteiger partial charge in [-0.25, -0.2) is 0 Å². The molecule has 1 amide bonds. The van der Waals surface area contributed by atoms with Crippen LogP contribution in [0.25, 0.3) is 0 Å². The predicted molar refractivity (Wildman–Crippen MR) is 63.3 cm³/mol. The van der Waals surface area contributed by atoms with Crippen molar-refractivity contribution in [2.45, 2.75) is 18.6 Å². The zero-order chi connectivity index (χ0) is 15.1. The van der Waals surface area contributed by atoms with E-state index in [9.17, 15) is 22.8 Å². The van der Waals surface area contributed by atoms with Gasteiger partial charge in [-0.05, 0) is 23.3 Å². The zero-order valence-electron chi connectivity index (χ0n) is 9.95. The third kappa shape index (κ3) is 2.72. The fourth-order valence-electron chi connectivity index (χ4n) is 2.19. The summed E-state index contributed by atoms with van der Waals surface area (Å²) in [4.78, 5) is 22.9. The van der Waals surface area contributed by atoms with Gasteiger partial charge >= 0.3 is 18.1 Å². The number of hydrogen-bond donors (Lipinski definition) is 1. The number of amides is 1. The smallest absolute Gasteiger partial charge is 0.471 e. The maximum Gasteiger partial charge on any atom is 0.471 e. The highest BCUT2D eigenvalue weighted by molar-refractivity contribution is 6.30. The lowest BCUT2D eigenvalue weighted by Gasteiger charge is -2.33. The molecular weight excluding hydrogens is 299 g/mol. The molecular formula is C12H9ClF3NO3. The molecule has 1 unspecified atom stereocenters. The summed E-state index contributed by atoms with van der Waals surface area (Å²) in [6, 6.07) is 4.31. The van der Waals surface area contributed by atoms with Gasteiger partial charge in [0, 0.05) is 18.1 Å². The minimum Gasteiger partial charge on any atom is -0.481 e. The van der Waals surface area contributed by atoms with Crippen molar-refractivity contribution in [2.24, 2.45) is 0 Å². The van der Waals surface area contributed by atoms with E-state index in [1.165, 1.54) is 18.2 Å². The lowest BCUT2D eigenvalue weighted by atomic mass is 9.89. The second-order valence-corrected chi connectivity index (χ2v) is 4.85. The Morgan fingerprint density at radius 3 is 2.55 bits per heavy atom. The summed E-state index contributed by atoms with van der Waals surface area (Å²) in [5.41, 5.74) is 0.696. The molecule has 20 heavy (non-hydrogen) atoms. The number of alkyl halides is 3. The van der Waals surface area contributed by atoms with Crippen LogP contribution in [0, 0.1) is 0 Å². The Balaban J connectivity index is 2.40. The van der Waals surface area contributed by atoms with Gasteiger partial charge in [-0.2, -0.15) is 13.2 Å². The Bertz CT molecular complexity index is 574. The van der Waals surface area contributed by atoms with Crippen LogP contribution in [0.3, 0.4) is 0 Å². The van der Waals surface area contributed by atoms with Gasteiger partial charge in [0.25, 0.3) is 0 Å². The van der Waals surface area contributed by atoms with E-state index < -0.39 is 30.5 Å². The Morgan fingerprint density at radius 2 is 2.00 bits per heavy atom. The summed E-state index contributed by atoms with van der Waals surface area (Å²) in [5.74, 6) is -4.52. The molecule has 2 rings (SSSR count). The van der Waals surface area contributed by atoms with Crippen molar-refractivity contribution in [3.8, 4) is 0 Å². The number of carboxylic acid groups (broad SMARTS) is 1. The fourth-order valence-corrected chi connectivity index (χ4v) is 2.38. The Kier molecular flexibility index (Phi) is 3.64. The molecule has 0 radical (unpaired) electrons. The number of fused-ring (bicyclic) bond motifs is 1. The number of nitrogens with zero attached hydrogens (tertiary/aromatic N) is 1. The minimum atomic E-state index is -5.03. The van der Waals surface area contributed by atoms with E-state index >= 15 is 0 Å². The van der Waals surface area contributed by atoms with Crippen LogP contribution in [0.5, 0.6) is 0 Å². The van der Waals surface area contributed by atoms with Gasteiger partial charge in [-0.3, -0.25) is 9.59 Å². The lowest BCUT2D eigenvalue weighted by molar-refractivity contribution is -0.187. The summed E-state index contributed by atoms with van der Waals surface area (Å²) in [6.07, 6.45) is -5.03. The van der Waals surface area contributed by atoms with Crippen LogP contribution in [-0.2, 0) is 16.1 Å². The normalized spacial score (nSPS) is 18.6. The van der Waals surface area contributed by atoms with Crippen molar-refractivity contribution in [1.82, 2.24) is 4.90 Å². The van der Waals surface area contributed by atoms with Crippen LogP contribution in [0.4, 0.5) is 13.2 Å². The van der Waals surface area contributed by atoms with E-state index in [2.05, 4.69) is 0 Å². The lowest BCUT2D eigenvalue weighted by Crippen LogP contribution is -2.46. The van der Waals surface area contributed by atoms with Crippen LogP contribution < -0.4 is 0 Å². The van der Waals surface area contributed by atoms with E-state index in [1.54, 1.807) is 0 Å². The van der Waals surface area contributed by atoms with Crippen molar-refractivity contribution < 1.29 is 27.9 Å². The van der Waals surface area contributed by atoms with Gasteiger partial charge in [0.05, 0.1) is 5.92 Å². The van der Waals surface area contributed by atoms with Gasteiger partial charge < -0.3 is 10.0 Å². The molecule has 1 aromatic rings. The van der Waals surface area contributed by atoms with Crippen molar-refractivity contribution in [1.29, 1.82) is 0 Å². The second kappa shape index (κ2) is 4.97. The molecule has 108 valence electrons. The molecule has 1 N–H and O–H groups in total. The summed E-state index contributed by atoms with van der Waals surface area (Å²) < 4.78 is 37.4. The van der Waals surface area contributed by atoms with Gasteiger partial charge in [-0.1, -0.05) is 17.7 Å². The van der Waals surface area contributed by atoms with Crippen LogP contribution >= 0.6 is 11.6 Å². The van der Waals surface area contributed by atoms with Crippen molar-refractivity contribution >= 4 is 23.5 Å². The molecule has 1 aliphatic rings. The number of aliphatic carboxylic acids is 1. The van der Waals surface area contributed by atoms with Gasteiger partial charge in [-0.15, -0.1) is 0 Å². The SMILES string of the molecule is O=C(O)C1CN(C(=O)C(F)(F)F)Cc2cc(Cl)ccc21. The van der Waals surface area contributed by atoms with Crippen molar-refractivity contribution in [3.05, 3.63) is 34.3 Å². The van der Waals surface area contributed by atoms with Crippen LogP contribution in [0.1, 0.15) is 17.0 Å². The maximum atomic E-state index is 12.5. The number of hydrogen-bond acceptors (Lipinski definition) is 2. The van der Waals surface area contributed by atoms with Gasteiger partial charge in [0.15, 0.2) is 0 Å². The highest BCUT2D eigenvalue weighted by atomic mass is 35.5. The highest BCUT2D eigenvalue weighted by Crippen LogP contribution is 2.32. The molecule has 1 aliphatic heterocycles. The Morgan fingerprint density at radius 1 is 1.35 bits per heavy atom. The molecule has 0 saturated carbocycles. The van der Waals surface area contributed by atoms with Crippen LogP contribution in [0.15, 0.2) is 18.2 Å². The number of benzene rings is 1. The molecule has 0 spiro atoms. The molecule has 1 aromatic carbocycles. The molecule has 0 bridgehead atoms. The quantitative estimate of drug-likeness (QED) is 0.867. The van der Waals surface area contributed by atoms with E-state index in [1.807, 2.05) is 0 Å². The Labute approximate surface area is 116 Å². The predicted octanol–water partition coefficient (Wildman–Crippen LogP) is 2.41. The van der Waals surface area contributed by atoms with Crippen LogP contribution in [-0.4, -0.2) is 34.6 Å². The summed E-state index contributed by atoms with van der Waals surface area (Å²) in [6.45, 7) is -0.819. The Hall–Kier alpha value is -1.76.